The van der Waals surface area contributed by atoms with E-state index in [9.17, 15) is 14.7 Å². The van der Waals surface area contributed by atoms with Crippen molar-refractivity contribution < 1.29 is 24.4 Å². The molecule has 12 heteroatoms. The first-order valence-electron chi connectivity index (χ1n) is 8.28. The average Bonchev–Trinajstić information content (AvgIpc) is 2.69. The van der Waals surface area contributed by atoms with Crippen molar-refractivity contribution in [1.29, 1.82) is 0 Å². The molecule has 0 aromatic heterocycles. The average molecular weight is 505 g/mol. The Morgan fingerprint density at radius 3 is 1.62 bits per heavy atom. The van der Waals surface area contributed by atoms with E-state index in [0.29, 0.717) is 6.42 Å². The van der Waals surface area contributed by atoms with E-state index < -0.39 is 6.10 Å². The minimum absolute atomic E-state index is 0.00287. The molecule has 7 nitrogen and oxygen atoms in total. The van der Waals surface area contributed by atoms with Gasteiger partial charge in [0.25, 0.3) is 0 Å². The van der Waals surface area contributed by atoms with Crippen LogP contribution in [-0.2, 0) is 72.9 Å². The van der Waals surface area contributed by atoms with Gasteiger partial charge in [-0.15, -0.1) is 0 Å². The molecule has 0 unspecified atom stereocenters. The van der Waals surface area contributed by atoms with Crippen molar-refractivity contribution in [2.24, 2.45) is 5.92 Å². The summed E-state index contributed by atoms with van der Waals surface area (Å²) >= 11 is 15.6. The number of hydrogen-bond donors (Lipinski definition) is 1. The zero-order chi connectivity index (χ0) is 23.8. The van der Waals surface area contributed by atoms with Crippen molar-refractivity contribution in [3.05, 3.63) is 24.3 Å². The first kappa shape index (κ1) is 35.8. The Bertz CT molecular complexity index is 476. The number of hydrogen-bond acceptors (Lipinski definition) is 9. The fourth-order valence-corrected chi connectivity index (χ4v) is 1.60. The minimum atomic E-state index is -0.722. The van der Waals surface area contributed by atoms with Gasteiger partial charge in [0.05, 0.1) is 26.7 Å². The van der Waals surface area contributed by atoms with E-state index in [2.05, 4.69) is 49.6 Å². The minimum Gasteiger partial charge on any atom is -0.389 e. The maximum atomic E-state index is 11.2. The number of amides is 2. The van der Waals surface area contributed by atoms with E-state index in [1.165, 1.54) is 26.3 Å². The predicted octanol–water partition coefficient (Wildman–Crippen LogP) is 1.93. The van der Waals surface area contributed by atoms with Crippen LogP contribution >= 0.6 is 0 Å². The molecule has 0 heterocycles. The number of aliphatic hydroxyl groups excluding tert-OH is 1. The zero-order valence-electron chi connectivity index (χ0n) is 17.9. The molecule has 29 heavy (non-hydrogen) atoms. The molecule has 0 aliphatic carbocycles. The third-order valence-corrected chi connectivity index (χ3v) is 3.07. The molecule has 0 saturated heterocycles. The summed E-state index contributed by atoms with van der Waals surface area (Å²) < 4.78 is 0. The van der Waals surface area contributed by atoms with Gasteiger partial charge < -0.3 is 5.11 Å². The Kier molecular flexibility index (Phi) is 33.8. The van der Waals surface area contributed by atoms with Crippen LogP contribution in [0.3, 0.4) is 0 Å². The quantitative estimate of drug-likeness (QED) is 0.394. The summed E-state index contributed by atoms with van der Waals surface area (Å²) in [5, 5.41) is 11.5. The van der Waals surface area contributed by atoms with E-state index in [1.54, 1.807) is 26.1 Å². The summed E-state index contributed by atoms with van der Waals surface area (Å²) in [6, 6.07) is 0. The fourth-order valence-electron chi connectivity index (χ4n) is 1.60. The Hall–Kier alpha value is -0.600. The van der Waals surface area contributed by atoms with Crippen molar-refractivity contribution in [2.45, 2.75) is 39.7 Å². The summed E-state index contributed by atoms with van der Waals surface area (Å²) in [6.07, 6.45) is 7.03. The maximum absolute atomic E-state index is 11.2. The highest BCUT2D eigenvalue weighted by Gasteiger charge is 2.11. The molecule has 0 rings (SSSR count). The van der Waals surface area contributed by atoms with E-state index in [-0.39, 0.29) is 24.2 Å². The van der Waals surface area contributed by atoms with Crippen LogP contribution in [0.4, 0.5) is 0 Å². The number of carbonyl (C=O) groups excluding carboxylic acids is 2. The van der Waals surface area contributed by atoms with E-state index in [0.717, 1.165) is 13.9 Å². The summed E-state index contributed by atoms with van der Waals surface area (Å²) in [4.78, 5) is 31.7. The molecular formula is C17H32N2O5S5. The molecule has 0 aromatic carbocycles. The zero-order valence-corrected chi connectivity index (χ0v) is 22.0. The van der Waals surface area contributed by atoms with Crippen molar-refractivity contribution in [2.75, 3.05) is 28.3 Å². The van der Waals surface area contributed by atoms with Crippen LogP contribution < -0.4 is 0 Å². The fraction of sp³-hybridized carbons (Fsp3) is 0.647. The van der Waals surface area contributed by atoms with Gasteiger partial charge in [0.2, 0.25) is 11.8 Å². The lowest BCUT2D eigenvalue weighted by Gasteiger charge is -2.14. The summed E-state index contributed by atoms with van der Waals surface area (Å²) in [7, 11) is 6.92. The largest absolute Gasteiger partial charge is 0.389 e. The van der Waals surface area contributed by atoms with Gasteiger partial charge in [-0.3, -0.25) is 19.3 Å². The summed E-state index contributed by atoms with van der Waals surface area (Å²) in [6.45, 7) is 5.73. The molecule has 1 N–H and O–H groups in total. The van der Waals surface area contributed by atoms with Crippen LogP contribution in [0.15, 0.2) is 24.3 Å². The second-order valence-corrected chi connectivity index (χ2v) is 6.99. The topological polar surface area (TPSA) is 79.3 Å². The Morgan fingerprint density at radius 2 is 1.31 bits per heavy atom. The normalized spacial score (nSPS) is 11.6. The van der Waals surface area contributed by atoms with Gasteiger partial charge in [0.15, 0.2) is 0 Å². The van der Waals surface area contributed by atoms with E-state index >= 15 is 0 Å². The Labute approximate surface area is 197 Å². The van der Waals surface area contributed by atoms with Crippen molar-refractivity contribution >= 4 is 65.4 Å². The number of hydroxylamine groups is 4. The highest BCUT2D eigenvalue weighted by Crippen LogP contribution is 2.05. The van der Waals surface area contributed by atoms with Crippen LogP contribution in [0.25, 0.3) is 0 Å². The van der Waals surface area contributed by atoms with Gasteiger partial charge >= 0.3 is 0 Å². The monoisotopic (exact) mass is 504 g/mol. The molecule has 0 radical (unpaired) electrons. The predicted molar refractivity (Wildman–Crippen MR) is 130 cm³/mol. The first-order valence-corrected chi connectivity index (χ1v) is 12.3. The molecule has 0 saturated carbocycles. The number of carbonyl (C=O) groups is 2. The lowest BCUT2D eigenvalue weighted by Crippen LogP contribution is -2.28. The van der Waals surface area contributed by atoms with Crippen molar-refractivity contribution in [3.63, 3.8) is 0 Å². The first-order chi connectivity index (χ1) is 13.6. The van der Waals surface area contributed by atoms with Crippen molar-refractivity contribution in [3.8, 4) is 0 Å². The third-order valence-electron chi connectivity index (χ3n) is 3.07. The Morgan fingerprint density at radius 1 is 0.966 bits per heavy atom. The van der Waals surface area contributed by atoms with E-state index in [1.807, 2.05) is 26.0 Å². The molecule has 0 spiro atoms. The second kappa shape index (κ2) is 27.4. The number of allylic oxidation sites excluding steroid dienone is 3. The molecule has 0 aliphatic rings. The standard InChI is InChI=1S/C9H17NO2.C8H15NO3.S3.S2/c1-5-6-8(2)7-9(11)10(3)12-4;1-4-5-7(10)6-8(11)9(2)12-3;1-3-2;1-2/h5-6,8H,7H2,1-4H3;4-5,7,10H,6H2,1-3H3;;/b6-5+;5-4+;;/t8-;7-;;/m00../s1. The van der Waals surface area contributed by atoms with Gasteiger partial charge in [0, 0.05) is 74.1 Å². The molecule has 0 aliphatic heterocycles. The molecule has 0 aromatic rings. The van der Waals surface area contributed by atoms with Crippen LogP contribution in [0.2, 0.25) is 0 Å². The van der Waals surface area contributed by atoms with Crippen molar-refractivity contribution in [1.82, 2.24) is 10.1 Å². The smallest absolute Gasteiger partial charge is 0.248 e. The highest BCUT2D eigenvalue weighted by atomic mass is 33.1. The lowest BCUT2D eigenvalue weighted by atomic mass is 10.1. The highest BCUT2D eigenvalue weighted by molar-refractivity contribution is 8.37. The molecule has 170 valence electrons. The van der Waals surface area contributed by atoms with Gasteiger partial charge in [0.1, 0.15) is 0 Å². The van der Waals surface area contributed by atoms with Gasteiger partial charge in [-0.1, -0.05) is 31.2 Å². The maximum Gasteiger partial charge on any atom is 0.248 e. The molecule has 0 bridgehead atoms. The summed E-state index contributed by atoms with van der Waals surface area (Å²) in [5.74, 6) is 0.0336. The molecule has 0 fully saturated rings. The molecule has 2 atom stereocenters. The Balaban J connectivity index is -0.000000176. The second-order valence-electron chi connectivity index (χ2n) is 5.22. The third kappa shape index (κ3) is 27.4. The van der Waals surface area contributed by atoms with Gasteiger partial charge in [-0.25, -0.2) is 10.1 Å². The van der Waals surface area contributed by atoms with Gasteiger partial charge in [-0.05, 0) is 19.8 Å². The molecule has 2 amide bonds. The van der Waals surface area contributed by atoms with Crippen LogP contribution in [0, 0.1) is 5.92 Å². The summed E-state index contributed by atoms with van der Waals surface area (Å²) in [5.41, 5.74) is 0. The van der Waals surface area contributed by atoms with Crippen LogP contribution in [-0.4, -0.2) is 61.5 Å². The van der Waals surface area contributed by atoms with E-state index in [4.69, 9.17) is 4.84 Å². The number of aliphatic hydroxyl groups is 1. The SMILES string of the molecule is C/C=C/[C@H](C)CC(=O)N(C)OC.C/C=C/[C@H](O)CC(=O)N(C)OC.S=S.S=S=S. The lowest BCUT2D eigenvalue weighted by molar-refractivity contribution is -0.170. The number of rotatable bonds is 8. The van der Waals surface area contributed by atoms with Crippen LogP contribution in [0.1, 0.15) is 33.6 Å². The van der Waals surface area contributed by atoms with Gasteiger partial charge in [-0.2, -0.15) is 0 Å². The number of nitrogens with zero attached hydrogens (tertiary/aromatic N) is 2. The molecular weight excluding hydrogens is 473 g/mol. The van der Waals surface area contributed by atoms with Crippen LogP contribution in [0.5, 0.6) is 0 Å².